The molecule has 0 heterocycles. The van der Waals surface area contributed by atoms with E-state index in [9.17, 15) is 0 Å². The van der Waals surface area contributed by atoms with Crippen molar-refractivity contribution < 1.29 is 31.1 Å². The van der Waals surface area contributed by atoms with Gasteiger partial charge < -0.3 is 12.3 Å². The summed E-state index contributed by atoms with van der Waals surface area (Å²) in [5.41, 5.74) is 0.477. The van der Waals surface area contributed by atoms with E-state index < -0.39 is 0 Å². The molecule has 1 nitrogen and oxygen atoms in total. The molecule has 0 atom stereocenters. The Morgan fingerprint density at radius 2 is 2.14 bits per heavy atom. The van der Waals surface area contributed by atoms with E-state index in [0.29, 0.717) is 5.71 Å². The second kappa shape index (κ2) is 6.72. The summed E-state index contributed by atoms with van der Waals surface area (Å²) in [6.07, 6.45) is 1.53. The number of hydrogen-bond donors (Lipinski definition) is 0. The van der Waals surface area contributed by atoms with Gasteiger partial charge >= 0.3 is 31.1 Å². The zero-order chi connectivity index (χ0) is 4.99. The molecule has 0 aliphatic carbocycles. The van der Waals surface area contributed by atoms with Crippen LogP contribution in [0.2, 0.25) is 0 Å². The average molecular weight is 321 g/mol. The van der Waals surface area contributed by atoms with Crippen LogP contribution >= 0.6 is 0 Å². The minimum absolute atomic E-state index is 0. The topological polar surface area (TPSA) is 22.3 Å². The molecular formula is C5H9NU. The number of nitrogens with zero attached hydrogens (tertiary/aromatic N) is 1. The molecule has 0 saturated carbocycles. The standard InChI is InChI=1S/C5H9N.U/c1-3-4-5(2)6;/h1,3-4H2,2H3;/q-2;+2. The number of hydrogen-bond acceptors (Lipinski definition) is 0. The van der Waals surface area contributed by atoms with Crippen LogP contribution in [0.25, 0.3) is 5.41 Å². The maximum absolute atomic E-state index is 8.43. The molecule has 0 rings (SSSR count). The SMILES string of the molecule is [CH2-]CCC(C)=[N-].[U+2]. The van der Waals surface area contributed by atoms with Crippen molar-refractivity contribution in [3.63, 3.8) is 0 Å². The van der Waals surface area contributed by atoms with Crippen molar-refractivity contribution in [2.45, 2.75) is 19.8 Å². The van der Waals surface area contributed by atoms with Crippen LogP contribution in [0.4, 0.5) is 0 Å². The van der Waals surface area contributed by atoms with E-state index in [-0.39, 0.29) is 31.1 Å². The van der Waals surface area contributed by atoms with Crippen molar-refractivity contribution in [2.75, 3.05) is 0 Å². The van der Waals surface area contributed by atoms with Gasteiger partial charge in [-0.25, -0.2) is 5.71 Å². The summed E-state index contributed by atoms with van der Waals surface area (Å²) in [6.45, 7) is 5.23. The molecule has 0 aromatic rings. The zero-order valence-corrected chi connectivity index (χ0v) is 8.73. The Morgan fingerprint density at radius 3 is 2.14 bits per heavy atom. The van der Waals surface area contributed by atoms with Gasteiger partial charge in [0.1, 0.15) is 0 Å². The van der Waals surface area contributed by atoms with Gasteiger partial charge in [-0.1, -0.05) is 13.3 Å². The first kappa shape index (κ1) is 10.7. The maximum atomic E-state index is 8.43. The Hall–Kier alpha value is 0.722. The van der Waals surface area contributed by atoms with E-state index in [4.69, 9.17) is 5.41 Å². The third-order valence-electron chi connectivity index (χ3n) is 0.539. The van der Waals surface area contributed by atoms with Crippen LogP contribution in [0.3, 0.4) is 0 Å². The largest absolute Gasteiger partial charge is 2.00 e. The van der Waals surface area contributed by atoms with Crippen LogP contribution < -0.4 is 0 Å². The molecule has 0 aromatic carbocycles. The van der Waals surface area contributed by atoms with Crippen molar-refractivity contribution in [1.29, 1.82) is 0 Å². The third-order valence-corrected chi connectivity index (χ3v) is 0.539. The van der Waals surface area contributed by atoms with Crippen molar-refractivity contribution in [3.05, 3.63) is 12.3 Å². The normalized spacial score (nSPS) is 7.14. The van der Waals surface area contributed by atoms with E-state index >= 15 is 0 Å². The third kappa shape index (κ3) is 10.8. The summed E-state index contributed by atoms with van der Waals surface area (Å²) < 4.78 is 0. The van der Waals surface area contributed by atoms with Gasteiger partial charge in [0.25, 0.3) is 0 Å². The van der Waals surface area contributed by atoms with Crippen LogP contribution in [-0.2, 0) is 0 Å². The van der Waals surface area contributed by atoms with Gasteiger partial charge in [0.05, 0.1) is 0 Å². The van der Waals surface area contributed by atoms with Crippen LogP contribution in [0.1, 0.15) is 19.8 Å². The molecule has 38 valence electrons. The average Bonchev–Trinajstić information content (AvgIpc) is 1.35. The molecule has 0 spiro atoms. The predicted octanol–water partition coefficient (Wildman–Crippen LogP) is 1.63. The van der Waals surface area contributed by atoms with Gasteiger partial charge in [-0.3, -0.25) is 0 Å². The summed E-state index contributed by atoms with van der Waals surface area (Å²) in [7, 11) is 0. The Balaban J connectivity index is 0. The first-order valence-corrected chi connectivity index (χ1v) is 2.08. The van der Waals surface area contributed by atoms with Gasteiger partial charge in [0, 0.05) is 0 Å². The second-order valence-electron chi connectivity index (χ2n) is 1.34. The van der Waals surface area contributed by atoms with Crippen LogP contribution in [0.15, 0.2) is 0 Å². The minimum atomic E-state index is 0. The Kier molecular flexibility index (Phi) is 10.2. The van der Waals surface area contributed by atoms with E-state index in [1.807, 2.05) is 0 Å². The molecule has 0 radical (unpaired) electrons. The zero-order valence-electron chi connectivity index (χ0n) is 4.57. The van der Waals surface area contributed by atoms with Crippen LogP contribution in [-0.4, -0.2) is 5.71 Å². The summed E-state index contributed by atoms with van der Waals surface area (Å²) in [5.74, 6) is 0. The van der Waals surface area contributed by atoms with Gasteiger partial charge in [-0.15, -0.1) is 0 Å². The van der Waals surface area contributed by atoms with E-state index in [0.717, 1.165) is 12.8 Å². The fourth-order valence-corrected chi connectivity index (χ4v) is 0.256. The summed E-state index contributed by atoms with van der Waals surface area (Å²) in [6, 6.07) is 0. The molecule has 2 heteroatoms. The second-order valence-corrected chi connectivity index (χ2v) is 1.34. The van der Waals surface area contributed by atoms with Crippen molar-refractivity contribution in [2.24, 2.45) is 0 Å². The van der Waals surface area contributed by atoms with E-state index in [1.54, 1.807) is 6.92 Å². The Morgan fingerprint density at radius 1 is 1.71 bits per heavy atom. The Bertz CT molecular complexity index is 52.0. The quantitative estimate of drug-likeness (QED) is 0.545. The first-order valence-electron chi connectivity index (χ1n) is 2.08. The number of rotatable bonds is 2. The molecule has 0 N–H and O–H groups in total. The summed E-state index contributed by atoms with van der Waals surface area (Å²) in [4.78, 5) is 0. The van der Waals surface area contributed by atoms with Crippen molar-refractivity contribution in [3.8, 4) is 0 Å². The molecule has 0 saturated heterocycles. The molecule has 0 aliphatic rings. The van der Waals surface area contributed by atoms with Gasteiger partial charge in [-0.2, -0.15) is 6.42 Å². The molecule has 0 aromatic heterocycles. The van der Waals surface area contributed by atoms with Gasteiger partial charge in [0.2, 0.25) is 0 Å². The molecule has 7 heavy (non-hydrogen) atoms. The first-order chi connectivity index (χ1) is 2.77. The maximum Gasteiger partial charge on any atom is 2.00 e. The smallest absolute Gasteiger partial charge is 0.812 e. The fourth-order valence-electron chi connectivity index (χ4n) is 0.256. The molecule has 0 amide bonds. The molecular weight excluding hydrogens is 312 g/mol. The van der Waals surface area contributed by atoms with Gasteiger partial charge in [0.15, 0.2) is 0 Å². The minimum Gasteiger partial charge on any atom is -0.812 e. The molecule has 0 aliphatic heterocycles. The Labute approximate surface area is 68.8 Å². The van der Waals surface area contributed by atoms with Gasteiger partial charge in [-0.05, 0) is 0 Å². The van der Waals surface area contributed by atoms with Crippen LogP contribution in [0, 0.1) is 38.0 Å². The predicted molar refractivity (Wildman–Crippen MR) is 28.6 cm³/mol. The summed E-state index contributed by atoms with van der Waals surface area (Å²) in [5, 5.41) is 8.43. The summed E-state index contributed by atoms with van der Waals surface area (Å²) >= 11 is 0. The van der Waals surface area contributed by atoms with Crippen molar-refractivity contribution >= 4 is 5.71 Å². The van der Waals surface area contributed by atoms with E-state index in [1.165, 1.54) is 0 Å². The van der Waals surface area contributed by atoms with Crippen molar-refractivity contribution in [1.82, 2.24) is 0 Å². The fraction of sp³-hybridized carbons (Fsp3) is 0.600. The van der Waals surface area contributed by atoms with Crippen LogP contribution in [0.5, 0.6) is 0 Å². The van der Waals surface area contributed by atoms with E-state index in [2.05, 4.69) is 6.92 Å². The molecule has 0 fully saturated rings. The monoisotopic (exact) mass is 321 g/mol. The molecule has 0 unspecified atom stereocenters. The molecule has 0 bridgehead atoms.